The molecule has 152 valence electrons. The van der Waals surface area contributed by atoms with Crippen molar-refractivity contribution in [2.75, 3.05) is 26.2 Å². The highest BCUT2D eigenvalue weighted by atomic mass is 35.5. The van der Waals surface area contributed by atoms with Gasteiger partial charge in [0.2, 0.25) is 5.91 Å². The lowest BCUT2D eigenvalue weighted by Gasteiger charge is -2.34. The number of amides is 1. The van der Waals surface area contributed by atoms with E-state index in [1.807, 2.05) is 41.2 Å². The van der Waals surface area contributed by atoms with Crippen LogP contribution < -0.4 is 10.1 Å². The first-order valence-electron chi connectivity index (χ1n) is 9.81. The molecule has 0 saturated carbocycles. The van der Waals surface area contributed by atoms with E-state index in [0.29, 0.717) is 0 Å². The predicted octanol–water partition coefficient (Wildman–Crippen LogP) is 2.52. The molecule has 6 nitrogen and oxygen atoms in total. The fourth-order valence-electron chi connectivity index (χ4n) is 4.16. The van der Waals surface area contributed by atoms with Crippen molar-refractivity contribution in [1.82, 2.24) is 20.0 Å². The highest BCUT2D eigenvalue weighted by Crippen LogP contribution is 2.30. The van der Waals surface area contributed by atoms with E-state index in [1.165, 1.54) is 5.56 Å². The SMILES string of the molecule is Cc1ccc(OC2CCN(C(=O)[C@H]3CNC[C@@H]3c3cnn(C)c3)CC2)cc1.Cl. The molecule has 0 unspecified atom stereocenters. The van der Waals surface area contributed by atoms with Crippen molar-refractivity contribution < 1.29 is 9.53 Å². The molecule has 2 fully saturated rings. The van der Waals surface area contributed by atoms with E-state index in [-0.39, 0.29) is 36.3 Å². The van der Waals surface area contributed by atoms with Gasteiger partial charge in [0.25, 0.3) is 0 Å². The predicted molar refractivity (Wildman–Crippen MR) is 111 cm³/mol. The molecule has 1 amide bonds. The van der Waals surface area contributed by atoms with Crippen LogP contribution in [0.5, 0.6) is 5.75 Å². The summed E-state index contributed by atoms with van der Waals surface area (Å²) in [5.74, 6) is 1.40. The van der Waals surface area contributed by atoms with E-state index < -0.39 is 0 Å². The van der Waals surface area contributed by atoms with Crippen LogP contribution in [-0.2, 0) is 11.8 Å². The van der Waals surface area contributed by atoms with Crippen molar-refractivity contribution in [1.29, 1.82) is 0 Å². The average molecular weight is 405 g/mol. The third-order valence-electron chi connectivity index (χ3n) is 5.76. The monoisotopic (exact) mass is 404 g/mol. The van der Waals surface area contributed by atoms with Gasteiger partial charge < -0.3 is 15.0 Å². The lowest BCUT2D eigenvalue weighted by atomic mass is 9.89. The number of ether oxygens (including phenoxy) is 1. The van der Waals surface area contributed by atoms with Gasteiger partial charge in [-0.05, 0) is 24.6 Å². The summed E-state index contributed by atoms with van der Waals surface area (Å²) in [5.41, 5.74) is 2.38. The fraction of sp³-hybridized carbons (Fsp3) is 0.524. The van der Waals surface area contributed by atoms with E-state index in [1.54, 1.807) is 0 Å². The highest BCUT2D eigenvalue weighted by molar-refractivity contribution is 5.85. The molecule has 3 heterocycles. The van der Waals surface area contributed by atoms with Gasteiger partial charge in [-0.1, -0.05) is 17.7 Å². The first kappa shape index (κ1) is 20.7. The number of likely N-dealkylation sites (tertiary alicyclic amines) is 1. The summed E-state index contributed by atoms with van der Waals surface area (Å²) in [4.78, 5) is 15.1. The van der Waals surface area contributed by atoms with Gasteiger partial charge in [-0.3, -0.25) is 9.48 Å². The molecule has 1 aromatic carbocycles. The Labute approximate surface area is 172 Å². The lowest BCUT2D eigenvalue weighted by molar-refractivity contribution is -0.137. The smallest absolute Gasteiger partial charge is 0.227 e. The summed E-state index contributed by atoms with van der Waals surface area (Å²) >= 11 is 0. The number of nitrogens with zero attached hydrogens (tertiary/aromatic N) is 3. The van der Waals surface area contributed by atoms with Crippen molar-refractivity contribution in [2.45, 2.75) is 31.8 Å². The van der Waals surface area contributed by atoms with Gasteiger partial charge in [0, 0.05) is 58.2 Å². The minimum absolute atomic E-state index is 0. The number of piperidine rings is 1. The number of carbonyl (C=O) groups is 1. The van der Waals surface area contributed by atoms with Gasteiger partial charge in [-0.15, -0.1) is 12.4 Å². The van der Waals surface area contributed by atoms with Crippen LogP contribution in [0.25, 0.3) is 0 Å². The molecule has 28 heavy (non-hydrogen) atoms. The Balaban J connectivity index is 0.00000225. The first-order chi connectivity index (χ1) is 13.1. The maximum absolute atomic E-state index is 13.1. The zero-order valence-corrected chi connectivity index (χ0v) is 17.3. The molecule has 2 saturated heterocycles. The van der Waals surface area contributed by atoms with Gasteiger partial charge >= 0.3 is 0 Å². The Kier molecular flexibility index (Phi) is 6.62. The molecular formula is C21H29ClN4O2. The summed E-state index contributed by atoms with van der Waals surface area (Å²) in [6.45, 7) is 5.20. The van der Waals surface area contributed by atoms with Crippen LogP contribution in [0.4, 0.5) is 0 Å². The largest absolute Gasteiger partial charge is 0.490 e. The Hall–Kier alpha value is -2.05. The minimum atomic E-state index is 0. The minimum Gasteiger partial charge on any atom is -0.490 e. The molecular weight excluding hydrogens is 376 g/mol. The second kappa shape index (κ2) is 8.97. The van der Waals surface area contributed by atoms with Crippen molar-refractivity contribution in [3.63, 3.8) is 0 Å². The van der Waals surface area contributed by atoms with Crippen LogP contribution in [0.3, 0.4) is 0 Å². The van der Waals surface area contributed by atoms with Crippen molar-refractivity contribution in [3.05, 3.63) is 47.8 Å². The number of hydrogen-bond donors (Lipinski definition) is 1. The number of rotatable bonds is 4. The van der Waals surface area contributed by atoms with Crippen LogP contribution in [0.15, 0.2) is 36.7 Å². The van der Waals surface area contributed by atoms with Gasteiger partial charge in [-0.25, -0.2) is 0 Å². The standard InChI is InChI=1S/C21H28N4O2.ClH/c1-15-3-5-17(6-4-15)27-18-7-9-25(10-8-18)21(26)20-13-22-12-19(20)16-11-23-24(2)14-16;/h3-6,11,14,18-20,22H,7-10,12-13H2,1-2H3;1H/t19-,20+;/m1./s1. The Morgan fingerprint density at radius 2 is 1.89 bits per heavy atom. The van der Waals surface area contributed by atoms with Crippen LogP contribution in [0.1, 0.15) is 29.9 Å². The summed E-state index contributed by atoms with van der Waals surface area (Å²) in [5, 5.41) is 7.66. The molecule has 0 bridgehead atoms. The van der Waals surface area contributed by atoms with E-state index >= 15 is 0 Å². The number of halogens is 1. The molecule has 2 aromatic rings. The fourth-order valence-corrected chi connectivity index (χ4v) is 4.16. The van der Waals surface area contributed by atoms with E-state index in [2.05, 4.69) is 29.5 Å². The summed E-state index contributed by atoms with van der Waals surface area (Å²) < 4.78 is 7.90. The van der Waals surface area contributed by atoms with Crippen LogP contribution in [-0.4, -0.2) is 52.9 Å². The van der Waals surface area contributed by atoms with E-state index in [9.17, 15) is 4.79 Å². The second-order valence-electron chi connectivity index (χ2n) is 7.77. The zero-order valence-electron chi connectivity index (χ0n) is 16.5. The Morgan fingerprint density at radius 1 is 1.18 bits per heavy atom. The molecule has 1 N–H and O–H groups in total. The third-order valence-corrected chi connectivity index (χ3v) is 5.76. The average Bonchev–Trinajstić information content (AvgIpc) is 3.32. The van der Waals surface area contributed by atoms with E-state index in [4.69, 9.17) is 4.74 Å². The number of aryl methyl sites for hydroxylation is 2. The maximum atomic E-state index is 13.1. The molecule has 2 aliphatic rings. The molecule has 2 aliphatic heterocycles. The third kappa shape index (κ3) is 4.50. The topological polar surface area (TPSA) is 59.4 Å². The maximum Gasteiger partial charge on any atom is 0.227 e. The summed E-state index contributed by atoms with van der Waals surface area (Å²) in [6, 6.07) is 8.18. The quantitative estimate of drug-likeness (QED) is 0.850. The lowest BCUT2D eigenvalue weighted by Crippen LogP contribution is -2.45. The van der Waals surface area contributed by atoms with Gasteiger partial charge in [0.15, 0.2) is 0 Å². The molecule has 0 aliphatic carbocycles. The van der Waals surface area contributed by atoms with Crippen molar-refractivity contribution in [3.8, 4) is 5.75 Å². The van der Waals surface area contributed by atoms with Gasteiger partial charge in [-0.2, -0.15) is 5.10 Å². The molecule has 1 aromatic heterocycles. The Bertz CT molecular complexity index is 784. The molecule has 2 atom stereocenters. The molecule has 4 rings (SSSR count). The number of carbonyl (C=O) groups excluding carboxylic acids is 1. The second-order valence-corrected chi connectivity index (χ2v) is 7.77. The highest BCUT2D eigenvalue weighted by Gasteiger charge is 2.38. The normalized spacial score (nSPS) is 22.7. The summed E-state index contributed by atoms with van der Waals surface area (Å²) in [7, 11) is 1.92. The van der Waals surface area contributed by atoms with Crippen LogP contribution in [0.2, 0.25) is 0 Å². The Morgan fingerprint density at radius 3 is 2.54 bits per heavy atom. The summed E-state index contributed by atoms with van der Waals surface area (Å²) in [6.07, 6.45) is 5.88. The zero-order chi connectivity index (χ0) is 18.8. The van der Waals surface area contributed by atoms with Gasteiger partial charge in [0.1, 0.15) is 11.9 Å². The van der Waals surface area contributed by atoms with Crippen LogP contribution >= 0.6 is 12.4 Å². The first-order valence-corrected chi connectivity index (χ1v) is 9.81. The van der Waals surface area contributed by atoms with Crippen molar-refractivity contribution in [2.24, 2.45) is 13.0 Å². The van der Waals surface area contributed by atoms with Crippen LogP contribution in [0, 0.1) is 12.8 Å². The molecule has 7 heteroatoms. The number of hydrogen-bond acceptors (Lipinski definition) is 4. The van der Waals surface area contributed by atoms with Gasteiger partial charge in [0.05, 0.1) is 12.1 Å². The molecule has 0 radical (unpaired) electrons. The van der Waals surface area contributed by atoms with Crippen molar-refractivity contribution >= 4 is 18.3 Å². The number of nitrogens with one attached hydrogen (secondary N) is 1. The number of aromatic nitrogens is 2. The van der Waals surface area contributed by atoms with E-state index in [0.717, 1.165) is 50.3 Å². The number of benzene rings is 1. The molecule has 0 spiro atoms.